The van der Waals surface area contributed by atoms with Gasteiger partial charge in [0.25, 0.3) is 5.91 Å². The molecule has 4 heterocycles. The van der Waals surface area contributed by atoms with Gasteiger partial charge in [0.2, 0.25) is 5.91 Å². The molecule has 2 amide bonds. The average molecular weight is 459 g/mol. The lowest BCUT2D eigenvalue weighted by atomic mass is 9.93. The van der Waals surface area contributed by atoms with Crippen LogP contribution in [0.3, 0.4) is 0 Å². The van der Waals surface area contributed by atoms with E-state index in [1.165, 1.54) is 0 Å². The standard InChI is InChI=1S/C26H30N6O2/c33-24(16-19-4-6-20(7-5-19)25(34)31-12-1-2-13-31)30-14-3-10-26(11-15-30)17-21(26)22-8-9-23-28-27-18-32(23)29-22/h4-9,18,21H,1-3,10-17H2. The highest BCUT2D eigenvalue weighted by Crippen LogP contribution is 2.64. The van der Waals surface area contributed by atoms with Crippen molar-refractivity contribution in [2.75, 3.05) is 26.2 Å². The first kappa shape index (κ1) is 21.3. The molecule has 1 saturated carbocycles. The van der Waals surface area contributed by atoms with Crippen LogP contribution in [0.2, 0.25) is 0 Å². The average Bonchev–Trinajstić information content (AvgIpc) is 3.17. The minimum atomic E-state index is 0.102. The lowest BCUT2D eigenvalue weighted by Crippen LogP contribution is -2.33. The van der Waals surface area contributed by atoms with Crippen LogP contribution in [0.15, 0.2) is 42.7 Å². The highest BCUT2D eigenvalue weighted by Gasteiger charge is 2.55. The second-order valence-corrected chi connectivity index (χ2v) is 10.1. The summed E-state index contributed by atoms with van der Waals surface area (Å²) in [6.45, 7) is 3.32. The molecule has 34 heavy (non-hydrogen) atoms. The first-order valence-electron chi connectivity index (χ1n) is 12.4. The van der Waals surface area contributed by atoms with Gasteiger partial charge in [0.1, 0.15) is 6.33 Å². The predicted molar refractivity (Wildman–Crippen MR) is 126 cm³/mol. The van der Waals surface area contributed by atoms with E-state index in [1.807, 2.05) is 40.1 Å². The van der Waals surface area contributed by atoms with Gasteiger partial charge in [-0.1, -0.05) is 12.1 Å². The van der Waals surface area contributed by atoms with Crippen molar-refractivity contribution < 1.29 is 9.59 Å². The van der Waals surface area contributed by atoms with E-state index in [2.05, 4.69) is 16.3 Å². The van der Waals surface area contributed by atoms with Crippen molar-refractivity contribution in [2.45, 2.75) is 50.9 Å². The summed E-state index contributed by atoms with van der Waals surface area (Å²) < 4.78 is 1.75. The van der Waals surface area contributed by atoms with Gasteiger partial charge in [-0.15, -0.1) is 10.2 Å². The number of carbonyl (C=O) groups is 2. The first-order valence-corrected chi connectivity index (χ1v) is 12.4. The summed E-state index contributed by atoms with van der Waals surface area (Å²) in [7, 11) is 0. The third kappa shape index (κ3) is 3.95. The quantitative estimate of drug-likeness (QED) is 0.600. The minimum absolute atomic E-state index is 0.102. The number of fused-ring (bicyclic) bond motifs is 1. The Morgan fingerprint density at radius 3 is 2.53 bits per heavy atom. The number of aromatic nitrogens is 4. The summed E-state index contributed by atoms with van der Waals surface area (Å²) in [5.74, 6) is 0.733. The third-order valence-corrected chi connectivity index (χ3v) is 8.01. The molecule has 0 radical (unpaired) electrons. The molecule has 3 aromatic rings. The number of hydrogen-bond acceptors (Lipinski definition) is 5. The van der Waals surface area contributed by atoms with Crippen LogP contribution in [-0.2, 0) is 11.2 Å². The van der Waals surface area contributed by atoms with Gasteiger partial charge in [-0.2, -0.15) is 5.10 Å². The zero-order valence-corrected chi connectivity index (χ0v) is 19.4. The van der Waals surface area contributed by atoms with Crippen LogP contribution in [0, 0.1) is 5.41 Å². The Balaban J connectivity index is 1.06. The molecule has 2 atom stereocenters. The number of benzene rings is 1. The van der Waals surface area contributed by atoms with Gasteiger partial charge in [-0.05, 0) is 73.8 Å². The Bertz CT molecular complexity index is 1220. The SMILES string of the molecule is O=C(Cc1ccc(C(=O)N2CCCC2)cc1)N1CCCC2(CC1)CC2c1ccc2nncn2n1. The Hall–Kier alpha value is -3.29. The Morgan fingerprint density at radius 1 is 0.912 bits per heavy atom. The second-order valence-electron chi connectivity index (χ2n) is 10.1. The number of rotatable bonds is 4. The zero-order chi connectivity index (χ0) is 23.1. The molecule has 3 fully saturated rings. The predicted octanol–water partition coefficient (Wildman–Crippen LogP) is 3.09. The van der Waals surface area contributed by atoms with Crippen molar-refractivity contribution in [3.8, 4) is 0 Å². The largest absolute Gasteiger partial charge is 0.342 e. The minimum Gasteiger partial charge on any atom is -0.342 e. The summed E-state index contributed by atoms with van der Waals surface area (Å²) in [6, 6.07) is 11.7. The summed E-state index contributed by atoms with van der Waals surface area (Å²) in [5.41, 5.74) is 3.83. The van der Waals surface area contributed by atoms with Gasteiger partial charge in [0.05, 0.1) is 12.1 Å². The van der Waals surface area contributed by atoms with Gasteiger partial charge in [-0.3, -0.25) is 9.59 Å². The summed E-state index contributed by atoms with van der Waals surface area (Å²) >= 11 is 0. The van der Waals surface area contributed by atoms with Crippen LogP contribution in [0.4, 0.5) is 0 Å². The number of likely N-dealkylation sites (tertiary alicyclic amines) is 2. The van der Waals surface area contributed by atoms with E-state index in [-0.39, 0.29) is 17.2 Å². The van der Waals surface area contributed by atoms with Crippen LogP contribution in [-0.4, -0.2) is 67.6 Å². The van der Waals surface area contributed by atoms with Crippen LogP contribution < -0.4 is 0 Å². The molecule has 8 nitrogen and oxygen atoms in total. The fourth-order valence-electron chi connectivity index (χ4n) is 5.87. The maximum absolute atomic E-state index is 13.1. The number of amides is 2. The van der Waals surface area contributed by atoms with Crippen LogP contribution >= 0.6 is 0 Å². The number of nitrogens with zero attached hydrogens (tertiary/aromatic N) is 6. The topological polar surface area (TPSA) is 83.7 Å². The van der Waals surface area contributed by atoms with E-state index in [0.29, 0.717) is 17.9 Å². The molecule has 2 aromatic heterocycles. The summed E-state index contributed by atoms with van der Waals surface area (Å²) in [6.07, 6.45) is 8.54. The number of carbonyl (C=O) groups excluding carboxylic acids is 2. The fraction of sp³-hybridized carbons (Fsp3) is 0.500. The monoisotopic (exact) mass is 458 g/mol. The normalized spacial score (nSPS) is 24.5. The van der Waals surface area contributed by atoms with Crippen LogP contribution in [0.5, 0.6) is 0 Å². The Kier molecular flexibility index (Phi) is 5.31. The third-order valence-electron chi connectivity index (χ3n) is 8.01. The first-order chi connectivity index (χ1) is 16.6. The van der Waals surface area contributed by atoms with E-state index in [4.69, 9.17) is 5.10 Å². The smallest absolute Gasteiger partial charge is 0.253 e. The molecule has 2 unspecified atom stereocenters. The van der Waals surface area contributed by atoms with Crippen molar-refractivity contribution >= 4 is 17.5 Å². The van der Waals surface area contributed by atoms with E-state index < -0.39 is 0 Å². The maximum Gasteiger partial charge on any atom is 0.253 e. The second kappa shape index (κ2) is 8.49. The molecule has 6 rings (SSSR count). The molecule has 0 N–H and O–H groups in total. The Morgan fingerprint density at radius 2 is 1.71 bits per heavy atom. The van der Waals surface area contributed by atoms with Gasteiger partial charge in [0, 0.05) is 37.7 Å². The van der Waals surface area contributed by atoms with Crippen molar-refractivity contribution in [1.29, 1.82) is 0 Å². The molecule has 2 saturated heterocycles. The van der Waals surface area contributed by atoms with Gasteiger partial charge >= 0.3 is 0 Å². The van der Waals surface area contributed by atoms with Gasteiger partial charge in [-0.25, -0.2) is 4.52 Å². The van der Waals surface area contributed by atoms with E-state index in [0.717, 1.165) is 81.6 Å². The molecule has 3 aliphatic rings. The van der Waals surface area contributed by atoms with Crippen molar-refractivity contribution in [1.82, 2.24) is 29.6 Å². The molecular formula is C26H30N6O2. The molecule has 176 valence electrons. The lowest BCUT2D eigenvalue weighted by molar-refractivity contribution is -0.130. The van der Waals surface area contributed by atoms with Gasteiger partial charge < -0.3 is 9.80 Å². The van der Waals surface area contributed by atoms with E-state index >= 15 is 0 Å². The molecular weight excluding hydrogens is 428 g/mol. The van der Waals surface area contributed by atoms with Crippen molar-refractivity contribution in [3.63, 3.8) is 0 Å². The summed E-state index contributed by atoms with van der Waals surface area (Å²) in [4.78, 5) is 29.6. The Labute approximate surface area is 199 Å². The highest BCUT2D eigenvalue weighted by molar-refractivity contribution is 5.94. The molecule has 2 aliphatic heterocycles. The fourth-order valence-corrected chi connectivity index (χ4v) is 5.87. The van der Waals surface area contributed by atoms with Crippen molar-refractivity contribution in [3.05, 3.63) is 59.5 Å². The molecule has 1 spiro atoms. The van der Waals surface area contributed by atoms with Crippen LogP contribution in [0.25, 0.3) is 5.65 Å². The molecule has 1 aliphatic carbocycles. The van der Waals surface area contributed by atoms with Crippen LogP contribution in [0.1, 0.15) is 66.1 Å². The lowest BCUT2D eigenvalue weighted by Gasteiger charge is -2.21. The van der Waals surface area contributed by atoms with Crippen molar-refractivity contribution in [2.24, 2.45) is 5.41 Å². The zero-order valence-electron chi connectivity index (χ0n) is 19.4. The van der Waals surface area contributed by atoms with E-state index in [9.17, 15) is 9.59 Å². The summed E-state index contributed by atoms with van der Waals surface area (Å²) in [5, 5.41) is 12.7. The number of hydrogen-bond donors (Lipinski definition) is 0. The maximum atomic E-state index is 13.1. The van der Waals surface area contributed by atoms with Gasteiger partial charge in [0.15, 0.2) is 5.65 Å². The molecule has 8 heteroatoms. The van der Waals surface area contributed by atoms with E-state index in [1.54, 1.807) is 10.8 Å². The molecule has 0 bridgehead atoms. The highest BCUT2D eigenvalue weighted by atomic mass is 16.2. The molecule has 1 aromatic carbocycles.